The van der Waals surface area contributed by atoms with Gasteiger partial charge in [-0.05, 0) is 48.7 Å². The molecule has 4 rings (SSSR count). The maximum atomic E-state index is 13.1. The van der Waals surface area contributed by atoms with Crippen molar-refractivity contribution in [3.8, 4) is 0 Å². The van der Waals surface area contributed by atoms with Crippen molar-refractivity contribution in [2.24, 2.45) is 0 Å². The van der Waals surface area contributed by atoms with Gasteiger partial charge in [0.2, 0.25) is 0 Å². The summed E-state index contributed by atoms with van der Waals surface area (Å²) in [4.78, 5) is 19.5. The Morgan fingerprint density at radius 3 is 2.84 bits per heavy atom. The van der Waals surface area contributed by atoms with Crippen LogP contribution < -0.4 is 4.90 Å². The Bertz CT molecular complexity index is 1250. The lowest BCUT2D eigenvalue weighted by molar-refractivity contribution is -0.114. The lowest BCUT2D eigenvalue weighted by Crippen LogP contribution is -2.36. The quantitative estimate of drug-likeness (QED) is 0.487. The van der Waals surface area contributed by atoms with Crippen molar-refractivity contribution in [2.45, 2.75) is 23.8 Å². The molecule has 0 spiro atoms. The van der Waals surface area contributed by atoms with Crippen LogP contribution >= 0.6 is 22.9 Å². The Balaban J connectivity index is 1.67. The molecule has 0 N–H and O–H groups in total. The van der Waals surface area contributed by atoms with Crippen molar-refractivity contribution in [1.82, 2.24) is 4.98 Å². The van der Waals surface area contributed by atoms with Crippen molar-refractivity contribution in [2.75, 3.05) is 24.3 Å². The third kappa shape index (κ3) is 5.15. The zero-order valence-corrected chi connectivity index (χ0v) is 19.2. The number of anilines is 1. The molecule has 31 heavy (non-hydrogen) atoms. The van der Waals surface area contributed by atoms with Gasteiger partial charge in [0, 0.05) is 24.0 Å². The van der Waals surface area contributed by atoms with Crippen LogP contribution in [0.4, 0.5) is 5.13 Å². The minimum atomic E-state index is -3.33. The van der Waals surface area contributed by atoms with Crippen LogP contribution in [0.25, 0.3) is 16.3 Å². The molecule has 2 aromatic carbocycles. The normalized spacial score (nSPS) is 16.9. The molecule has 1 saturated heterocycles. The number of nitrogens with zero attached hydrogens (tertiary/aromatic N) is 2. The van der Waals surface area contributed by atoms with Gasteiger partial charge in [0.05, 0.1) is 27.8 Å². The third-order valence-electron chi connectivity index (χ3n) is 4.99. The first-order valence-corrected chi connectivity index (χ1v) is 12.9. The van der Waals surface area contributed by atoms with E-state index >= 15 is 0 Å². The monoisotopic (exact) mass is 476 g/mol. The van der Waals surface area contributed by atoms with Crippen molar-refractivity contribution in [3.63, 3.8) is 0 Å². The van der Waals surface area contributed by atoms with Crippen LogP contribution in [0.3, 0.4) is 0 Å². The predicted molar refractivity (Wildman–Crippen MR) is 125 cm³/mol. The SMILES string of the molecule is CS(=O)(=O)c1ccc2nc(N(CC3CCCO3)C(=O)/C=C/c3ccccc3Cl)sc2c1. The van der Waals surface area contributed by atoms with Gasteiger partial charge in [0.15, 0.2) is 15.0 Å². The number of amides is 1. The number of sulfone groups is 1. The fourth-order valence-electron chi connectivity index (χ4n) is 3.35. The van der Waals surface area contributed by atoms with E-state index in [0.717, 1.165) is 18.4 Å². The van der Waals surface area contributed by atoms with Crippen LogP contribution in [0.2, 0.25) is 5.02 Å². The Hall–Kier alpha value is -2.26. The lowest BCUT2D eigenvalue weighted by Gasteiger charge is -2.21. The van der Waals surface area contributed by atoms with Gasteiger partial charge in [0.1, 0.15) is 0 Å². The summed E-state index contributed by atoms with van der Waals surface area (Å²) in [6.45, 7) is 1.06. The standard InChI is InChI=1S/C22H21ClN2O4S2/c1-31(27,28)17-9-10-19-20(13-17)30-22(24-19)25(14-16-6-4-12-29-16)21(26)11-8-15-5-2-3-7-18(15)23/h2-3,5,7-11,13,16H,4,6,12,14H2,1H3/b11-8+. The lowest BCUT2D eigenvalue weighted by atomic mass is 10.2. The van der Waals surface area contributed by atoms with Crippen LogP contribution in [-0.4, -0.2) is 44.8 Å². The van der Waals surface area contributed by atoms with E-state index in [1.54, 1.807) is 29.2 Å². The summed E-state index contributed by atoms with van der Waals surface area (Å²) in [5, 5.41) is 1.07. The van der Waals surface area contributed by atoms with Gasteiger partial charge < -0.3 is 4.74 Å². The zero-order chi connectivity index (χ0) is 22.0. The number of aromatic nitrogens is 1. The van der Waals surface area contributed by atoms with Gasteiger partial charge in [-0.25, -0.2) is 13.4 Å². The average Bonchev–Trinajstić information content (AvgIpc) is 3.39. The highest BCUT2D eigenvalue weighted by atomic mass is 35.5. The molecule has 0 saturated carbocycles. The molecule has 6 nitrogen and oxygen atoms in total. The first-order chi connectivity index (χ1) is 14.8. The molecule has 1 fully saturated rings. The molecule has 0 radical (unpaired) electrons. The molecular weight excluding hydrogens is 456 g/mol. The second-order valence-corrected chi connectivity index (χ2v) is 10.8. The Labute approximate surface area is 190 Å². The Morgan fingerprint density at radius 2 is 2.13 bits per heavy atom. The summed E-state index contributed by atoms with van der Waals surface area (Å²) in [6.07, 6.45) is 6.10. The summed E-state index contributed by atoms with van der Waals surface area (Å²) in [6, 6.07) is 12.1. The van der Waals surface area contributed by atoms with E-state index in [-0.39, 0.29) is 16.9 Å². The van der Waals surface area contributed by atoms with Gasteiger partial charge in [-0.15, -0.1) is 0 Å². The van der Waals surface area contributed by atoms with Gasteiger partial charge in [-0.1, -0.05) is 41.1 Å². The highest BCUT2D eigenvalue weighted by molar-refractivity contribution is 7.90. The number of carbonyl (C=O) groups excluding carboxylic acids is 1. The largest absolute Gasteiger partial charge is 0.376 e. The summed E-state index contributed by atoms with van der Waals surface area (Å²) in [5.74, 6) is -0.238. The molecule has 1 aromatic heterocycles. The average molecular weight is 477 g/mol. The fourth-order valence-corrected chi connectivity index (χ4v) is 5.29. The first kappa shape index (κ1) is 22.0. The van der Waals surface area contributed by atoms with E-state index < -0.39 is 9.84 Å². The molecule has 1 unspecified atom stereocenters. The van der Waals surface area contributed by atoms with Gasteiger partial charge in [-0.3, -0.25) is 9.69 Å². The number of halogens is 1. The molecule has 1 aliphatic rings. The van der Waals surface area contributed by atoms with E-state index in [0.29, 0.717) is 33.5 Å². The van der Waals surface area contributed by atoms with Crippen LogP contribution in [0.15, 0.2) is 53.4 Å². The smallest absolute Gasteiger partial charge is 0.252 e. The molecule has 9 heteroatoms. The third-order valence-corrected chi connectivity index (χ3v) is 7.49. The molecule has 162 valence electrons. The Morgan fingerprint density at radius 1 is 1.32 bits per heavy atom. The molecular formula is C22H21ClN2O4S2. The highest BCUT2D eigenvalue weighted by Crippen LogP contribution is 2.32. The number of ether oxygens (including phenoxy) is 1. The molecule has 0 bridgehead atoms. The van der Waals surface area contributed by atoms with Gasteiger partial charge >= 0.3 is 0 Å². The molecule has 1 aliphatic heterocycles. The Kier molecular flexibility index (Phi) is 6.43. The molecule has 1 amide bonds. The van der Waals surface area contributed by atoms with Crippen molar-refractivity contribution >= 4 is 60.1 Å². The number of hydrogen-bond donors (Lipinski definition) is 0. The van der Waals surface area contributed by atoms with E-state index in [2.05, 4.69) is 4.98 Å². The summed E-state index contributed by atoms with van der Waals surface area (Å²) < 4.78 is 30.2. The highest BCUT2D eigenvalue weighted by Gasteiger charge is 2.25. The van der Waals surface area contributed by atoms with Crippen molar-refractivity contribution in [1.29, 1.82) is 0 Å². The van der Waals surface area contributed by atoms with Crippen LogP contribution in [0.1, 0.15) is 18.4 Å². The van der Waals surface area contributed by atoms with Crippen molar-refractivity contribution < 1.29 is 17.9 Å². The number of thiazole rings is 1. The molecule has 3 aromatic rings. The van der Waals surface area contributed by atoms with Crippen LogP contribution in [0, 0.1) is 0 Å². The first-order valence-electron chi connectivity index (χ1n) is 9.77. The molecule has 0 aliphatic carbocycles. The van der Waals surface area contributed by atoms with E-state index in [4.69, 9.17) is 16.3 Å². The number of carbonyl (C=O) groups is 1. The van der Waals surface area contributed by atoms with Crippen LogP contribution in [0.5, 0.6) is 0 Å². The zero-order valence-electron chi connectivity index (χ0n) is 16.8. The van der Waals surface area contributed by atoms with Crippen molar-refractivity contribution in [3.05, 3.63) is 59.1 Å². The summed E-state index contributed by atoms with van der Waals surface area (Å²) in [5.41, 5.74) is 1.39. The minimum absolute atomic E-state index is 0.0590. The number of fused-ring (bicyclic) bond motifs is 1. The number of hydrogen-bond acceptors (Lipinski definition) is 6. The van der Waals surface area contributed by atoms with Gasteiger partial charge in [0.25, 0.3) is 5.91 Å². The second-order valence-electron chi connectivity index (χ2n) is 7.34. The molecule has 1 atom stereocenters. The van der Waals surface area contributed by atoms with E-state index in [1.807, 2.05) is 18.2 Å². The number of benzene rings is 2. The fraction of sp³-hybridized carbons (Fsp3) is 0.273. The molecule has 2 heterocycles. The summed E-state index contributed by atoms with van der Waals surface area (Å²) in [7, 11) is -3.33. The summed E-state index contributed by atoms with van der Waals surface area (Å²) >= 11 is 7.48. The topological polar surface area (TPSA) is 76.6 Å². The maximum absolute atomic E-state index is 13.1. The maximum Gasteiger partial charge on any atom is 0.252 e. The second kappa shape index (κ2) is 9.08. The number of rotatable bonds is 6. The predicted octanol–water partition coefficient (Wildman–Crippen LogP) is 4.58. The van der Waals surface area contributed by atoms with Gasteiger partial charge in [-0.2, -0.15) is 0 Å². The van der Waals surface area contributed by atoms with E-state index in [9.17, 15) is 13.2 Å². The minimum Gasteiger partial charge on any atom is -0.376 e. The van der Waals surface area contributed by atoms with E-state index in [1.165, 1.54) is 29.7 Å². The van der Waals surface area contributed by atoms with Crippen LogP contribution in [-0.2, 0) is 19.4 Å².